The van der Waals surface area contributed by atoms with Gasteiger partial charge in [0.25, 0.3) is 0 Å². The van der Waals surface area contributed by atoms with E-state index < -0.39 is 49.1 Å². The summed E-state index contributed by atoms with van der Waals surface area (Å²) in [6.45, 7) is 5.39. The highest BCUT2D eigenvalue weighted by atomic mass is 31.2. The molecule has 2 unspecified atom stereocenters. The lowest BCUT2D eigenvalue weighted by Crippen LogP contribution is -2.74. The summed E-state index contributed by atoms with van der Waals surface area (Å²) >= 11 is 0. The van der Waals surface area contributed by atoms with Gasteiger partial charge in [0.15, 0.2) is 0 Å². The first-order chi connectivity index (χ1) is 21.3. The molecule has 1 aliphatic heterocycles. The summed E-state index contributed by atoms with van der Waals surface area (Å²) in [6, 6.07) is 28.1. The molecule has 1 saturated heterocycles. The molecule has 3 aromatic rings. The molecule has 3 N–H and O–H groups in total. The number of hydrogen-bond acceptors (Lipinski definition) is 7. The Morgan fingerprint density at radius 2 is 1.32 bits per heavy atom. The van der Waals surface area contributed by atoms with Crippen LogP contribution in [-0.2, 0) is 19.1 Å². The smallest absolute Gasteiger partial charge is 0.409 e. The second-order valence-electron chi connectivity index (χ2n) is 10.1. The third kappa shape index (κ3) is 6.26. The molecule has 0 bridgehead atoms. The first-order valence-electron chi connectivity index (χ1n) is 14.3. The van der Waals surface area contributed by atoms with E-state index in [4.69, 9.17) is 9.47 Å². The summed E-state index contributed by atoms with van der Waals surface area (Å²) in [5.41, 5.74) is -0.00333. The van der Waals surface area contributed by atoms with E-state index in [0.29, 0.717) is 0 Å². The molecule has 4 rings (SSSR count). The van der Waals surface area contributed by atoms with Crippen molar-refractivity contribution >= 4 is 46.2 Å². The van der Waals surface area contributed by atoms with Crippen molar-refractivity contribution in [1.82, 2.24) is 10.2 Å². The highest BCUT2D eigenvalue weighted by Crippen LogP contribution is 2.49. The number of ether oxygens (including phenoxy) is 2. The fourth-order valence-electron chi connectivity index (χ4n) is 5.38. The predicted octanol–water partition coefficient (Wildman–Crippen LogP) is 2.67. The molecule has 4 atom stereocenters. The van der Waals surface area contributed by atoms with Crippen molar-refractivity contribution in [3.63, 3.8) is 0 Å². The van der Waals surface area contributed by atoms with Crippen molar-refractivity contribution < 1.29 is 34.1 Å². The second kappa shape index (κ2) is 14.8. The van der Waals surface area contributed by atoms with Crippen LogP contribution in [0.15, 0.2) is 116 Å². The van der Waals surface area contributed by atoms with Crippen LogP contribution in [0.5, 0.6) is 0 Å². The van der Waals surface area contributed by atoms with Gasteiger partial charge in [0, 0.05) is 6.89 Å². The van der Waals surface area contributed by atoms with Gasteiger partial charge in [0.05, 0.1) is 12.2 Å². The fourth-order valence-corrected chi connectivity index (χ4v) is 9.75. The van der Waals surface area contributed by atoms with E-state index in [0.717, 1.165) is 15.9 Å². The Hall–Kier alpha value is -4.43. The fraction of sp³-hybridized carbons (Fsp3) is 0.235. The average Bonchev–Trinajstić information content (AvgIpc) is 3.06. The van der Waals surface area contributed by atoms with Gasteiger partial charge in [-0.25, -0.2) is 9.59 Å². The Morgan fingerprint density at radius 3 is 1.75 bits per heavy atom. The number of hydrogen-bond donors (Lipinski definition) is 3. The van der Waals surface area contributed by atoms with Crippen LogP contribution in [0.25, 0.3) is 0 Å². The molecule has 1 aliphatic rings. The molecule has 0 aliphatic carbocycles. The summed E-state index contributed by atoms with van der Waals surface area (Å²) in [5.74, 6) is -2.72. The SMILES string of the molecule is C=CCOC(=O)N[C@H]1[C@@H](C(O)C(O)CC)C(=O)N1C(C(=O)OCC=C)=P(c1ccccc1)(c1ccccc1)c1ccccc1. The maximum absolute atomic E-state index is 14.4. The van der Waals surface area contributed by atoms with Gasteiger partial charge in [-0.3, -0.25) is 15.0 Å². The van der Waals surface area contributed by atoms with E-state index in [-0.39, 0.29) is 25.1 Å². The largest absolute Gasteiger partial charge is 0.457 e. The molecule has 0 radical (unpaired) electrons. The summed E-state index contributed by atoms with van der Waals surface area (Å²) in [4.78, 5) is 42.7. The maximum atomic E-state index is 14.4. The number of benzene rings is 3. The Bertz CT molecular complexity index is 1430. The molecule has 3 aromatic carbocycles. The Morgan fingerprint density at radius 1 is 0.864 bits per heavy atom. The van der Waals surface area contributed by atoms with Crippen LogP contribution in [0.2, 0.25) is 0 Å². The minimum Gasteiger partial charge on any atom is -0.457 e. The predicted molar refractivity (Wildman–Crippen MR) is 172 cm³/mol. The summed E-state index contributed by atoms with van der Waals surface area (Å²) in [5, 5.41) is 26.5. The van der Waals surface area contributed by atoms with E-state index in [1.54, 1.807) is 6.92 Å². The molecule has 0 saturated carbocycles. The number of nitrogens with zero attached hydrogens (tertiary/aromatic N) is 1. The maximum Gasteiger partial charge on any atom is 0.409 e. The van der Waals surface area contributed by atoms with E-state index in [2.05, 4.69) is 18.5 Å². The van der Waals surface area contributed by atoms with E-state index >= 15 is 0 Å². The van der Waals surface area contributed by atoms with Crippen molar-refractivity contribution in [2.75, 3.05) is 13.2 Å². The van der Waals surface area contributed by atoms with Gasteiger partial charge in [-0.15, -0.1) is 0 Å². The van der Waals surface area contributed by atoms with Gasteiger partial charge in [0.1, 0.15) is 30.7 Å². The molecule has 1 heterocycles. The quantitative estimate of drug-likeness (QED) is 0.117. The second-order valence-corrected chi connectivity index (χ2v) is 13.4. The lowest BCUT2D eigenvalue weighted by molar-refractivity contribution is -0.165. The molecule has 1 fully saturated rings. The van der Waals surface area contributed by atoms with Gasteiger partial charge in [-0.1, -0.05) is 123 Å². The number of carbonyl (C=O) groups excluding carboxylic acids is 3. The van der Waals surface area contributed by atoms with Crippen LogP contribution in [0, 0.1) is 5.92 Å². The Balaban J connectivity index is 2.13. The third-order valence-electron chi connectivity index (χ3n) is 7.41. The lowest BCUT2D eigenvalue weighted by Gasteiger charge is -2.51. The summed E-state index contributed by atoms with van der Waals surface area (Å²) < 4.78 is 10.8. The van der Waals surface area contributed by atoms with Crippen LogP contribution in [0.4, 0.5) is 4.79 Å². The number of rotatable bonds is 13. The van der Waals surface area contributed by atoms with E-state index in [9.17, 15) is 24.6 Å². The number of alkyl carbamates (subject to hydrolysis) is 1. The molecule has 0 spiro atoms. The van der Waals surface area contributed by atoms with Gasteiger partial charge in [-0.2, -0.15) is 0 Å². The van der Waals surface area contributed by atoms with Crippen molar-refractivity contribution in [1.29, 1.82) is 0 Å². The van der Waals surface area contributed by atoms with Crippen molar-refractivity contribution in [2.45, 2.75) is 31.7 Å². The Kier molecular flexibility index (Phi) is 11.0. The zero-order valence-electron chi connectivity index (χ0n) is 24.5. The first kappa shape index (κ1) is 32.5. The minimum atomic E-state index is -3.25. The summed E-state index contributed by atoms with van der Waals surface area (Å²) in [7, 11) is 0. The zero-order chi connectivity index (χ0) is 31.7. The van der Waals surface area contributed by atoms with E-state index in [1.165, 1.54) is 17.1 Å². The average molecular weight is 617 g/mol. The van der Waals surface area contributed by atoms with Gasteiger partial charge in [-0.05, 0) is 22.3 Å². The topological polar surface area (TPSA) is 125 Å². The molecular weight excluding hydrogens is 579 g/mol. The highest BCUT2D eigenvalue weighted by Gasteiger charge is 2.58. The lowest BCUT2D eigenvalue weighted by atomic mass is 9.84. The van der Waals surface area contributed by atoms with Crippen molar-refractivity contribution in [2.24, 2.45) is 5.92 Å². The van der Waals surface area contributed by atoms with E-state index in [1.807, 2.05) is 91.0 Å². The number of aliphatic hydroxyl groups excluding tert-OH is 2. The van der Waals surface area contributed by atoms with Crippen molar-refractivity contribution in [3.8, 4) is 0 Å². The first-order valence-corrected chi connectivity index (χ1v) is 16.1. The Labute approximate surface area is 257 Å². The van der Waals surface area contributed by atoms with Gasteiger partial charge >= 0.3 is 12.1 Å². The molecule has 0 aromatic heterocycles. The van der Waals surface area contributed by atoms with Crippen LogP contribution in [-0.4, -0.2) is 70.1 Å². The van der Waals surface area contributed by atoms with Crippen molar-refractivity contribution in [3.05, 3.63) is 116 Å². The molecule has 44 heavy (non-hydrogen) atoms. The number of β-lactam (4-membered cyclic amide) rings is 1. The number of likely N-dealkylation sites (tertiary alicyclic amines) is 1. The number of nitrogens with one attached hydrogen (secondary N) is 1. The molecular formula is C34H37N2O7P. The monoisotopic (exact) mass is 616 g/mol. The third-order valence-corrected chi connectivity index (χ3v) is 11.7. The van der Waals surface area contributed by atoms with Crippen LogP contribution in [0.1, 0.15) is 13.3 Å². The minimum absolute atomic E-state index is 0.00333. The molecule has 9 nitrogen and oxygen atoms in total. The van der Waals surface area contributed by atoms with Gasteiger partial charge < -0.3 is 19.7 Å². The molecule has 2 amide bonds. The number of carbonyl (C=O) groups is 3. The summed E-state index contributed by atoms with van der Waals surface area (Å²) in [6.07, 6.45) is -1.96. The zero-order valence-corrected chi connectivity index (χ0v) is 25.4. The highest BCUT2D eigenvalue weighted by molar-refractivity contribution is 7.96. The molecule has 230 valence electrons. The van der Waals surface area contributed by atoms with Crippen LogP contribution < -0.4 is 21.2 Å². The number of esters is 1. The van der Waals surface area contributed by atoms with Gasteiger partial charge in [0.2, 0.25) is 5.91 Å². The van der Waals surface area contributed by atoms with Crippen LogP contribution >= 0.6 is 6.89 Å². The van der Waals surface area contributed by atoms with Crippen LogP contribution in [0.3, 0.4) is 0 Å². The number of aliphatic hydroxyl groups is 2. The normalized spacial score (nSPS) is 17.4. The molecule has 10 heteroatoms. The standard InChI is InChI=1S/C34H37N2O7P/c1-4-22-42-33(40)32(36-30(35-34(41)43-23-5-2)28(31(36)39)29(38)27(37)6-3)44(24-16-10-7-11-17-24,25-18-12-8-13-19-25)26-20-14-9-15-21-26/h4-5,7-21,27-30,37-38H,1-2,6,22-23H2,3H3,(H,35,41)/t27?,28-,29?,30-/m1/s1. The number of amides is 2.